The van der Waals surface area contributed by atoms with Crippen molar-refractivity contribution in [3.05, 3.63) is 151 Å². The van der Waals surface area contributed by atoms with Crippen LogP contribution in [0.3, 0.4) is 0 Å². The molecule has 0 aromatic rings. The predicted molar refractivity (Wildman–Crippen MR) is 458 cm³/mol. The first-order chi connectivity index (χ1) is 56.3. The lowest BCUT2D eigenvalue weighted by atomic mass is 9.43. The maximum atomic E-state index is 13.1. The topological polar surface area (TPSA) is 273 Å². The second-order valence-electron chi connectivity index (χ2n) is 43.8. The Labute approximate surface area is 722 Å². The van der Waals surface area contributed by atoms with Crippen molar-refractivity contribution in [2.45, 2.75) is 330 Å². The van der Waals surface area contributed by atoms with Gasteiger partial charge in [-0.2, -0.15) is 0 Å². The van der Waals surface area contributed by atoms with Crippen molar-refractivity contribution >= 4 is 58.4 Å². The van der Waals surface area contributed by atoms with E-state index < -0.39 is 90.8 Å². The molecule has 122 heavy (non-hydrogen) atoms. The molecule has 0 amide bonds. The van der Waals surface area contributed by atoms with Gasteiger partial charge in [0.05, 0.1) is 31.9 Å². The van der Waals surface area contributed by atoms with Crippen molar-refractivity contribution in [2.24, 2.45) is 111 Å². The van der Waals surface area contributed by atoms with Crippen LogP contribution in [0.1, 0.15) is 281 Å². The summed E-state index contributed by atoms with van der Waals surface area (Å²) in [6.45, 7) is 82.3. The summed E-state index contributed by atoms with van der Waals surface area (Å²) in [6.07, 6.45) is 28.0. The molecule has 23 atom stereocenters. The molecule has 15 aliphatic carbocycles. The molecule has 16 rings (SSSR count). The molecular weight excluding hydrogens is 1540 g/mol. The molecule has 7 saturated carbocycles. The van der Waals surface area contributed by atoms with E-state index in [2.05, 4.69) is 84.0 Å². The minimum atomic E-state index is -1.44. The summed E-state index contributed by atoms with van der Waals surface area (Å²) in [5.41, 5.74) is -1.69. The van der Waals surface area contributed by atoms with E-state index in [0.717, 1.165) is 114 Å². The van der Waals surface area contributed by atoms with Gasteiger partial charge >= 0.3 is 23.6 Å². The Morgan fingerprint density at radius 2 is 0.746 bits per heavy atom. The van der Waals surface area contributed by atoms with Crippen molar-refractivity contribution in [1.82, 2.24) is 0 Å². The van der Waals surface area contributed by atoms with Crippen LogP contribution >= 0.6 is 0 Å². The third kappa shape index (κ3) is 13.6. The van der Waals surface area contributed by atoms with Crippen molar-refractivity contribution in [1.29, 1.82) is 0 Å². The van der Waals surface area contributed by atoms with E-state index in [1.54, 1.807) is 18.2 Å². The summed E-state index contributed by atoms with van der Waals surface area (Å²) >= 11 is 0. The van der Waals surface area contributed by atoms with Crippen molar-refractivity contribution in [2.75, 3.05) is 0 Å². The van der Waals surface area contributed by atoms with Gasteiger partial charge in [-0.25, -0.2) is 27.7 Å². The Hall–Kier alpha value is -8.65. The first-order valence-corrected chi connectivity index (χ1v) is 44.3. The molecule has 0 aromatic heterocycles. The number of rotatable bonds is 3. The van der Waals surface area contributed by atoms with E-state index >= 15 is 0 Å². The molecule has 8 fully saturated rings. The van der Waals surface area contributed by atoms with Gasteiger partial charge in [0.25, 0.3) is 11.8 Å². The van der Waals surface area contributed by atoms with Crippen LogP contribution in [0, 0.1) is 144 Å². The third-order valence-corrected chi connectivity index (χ3v) is 35.1. The molecule has 0 aromatic carbocycles. The van der Waals surface area contributed by atoms with E-state index in [4.69, 9.17) is 51.8 Å². The van der Waals surface area contributed by atoms with E-state index in [1.165, 1.54) is 37.5 Å². The van der Waals surface area contributed by atoms with E-state index in [1.807, 2.05) is 109 Å². The predicted octanol–water partition coefficient (Wildman–Crippen LogP) is 18.7. The number of hydrogen-bond donors (Lipinski definition) is 2. The summed E-state index contributed by atoms with van der Waals surface area (Å²) in [5, 5.41) is 21.2. The molecule has 1 heterocycles. The van der Waals surface area contributed by atoms with Crippen LogP contribution in [0.5, 0.6) is 0 Å². The Morgan fingerprint density at radius 1 is 0.402 bits per heavy atom. The van der Waals surface area contributed by atoms with Gasteiger partial charge in [0.1, 0.15) is 18.3 Å². The highest BCUT2D eigenvalue weighted by molar-refractivity contribution is 6.05. The van der Waals surface area contributed by atoms with Crippen LogP contribution in [0.2, 0.25) is 0 Å². The standard InChI is InChI=1S/C21H25NO5.C21H25NO4.C21H27NO3.C19H27NO2.C19H25NO2/c1-11(23)26-15-10-12(24)9-14-19(15,4)8-7-13-18(2,3)16(25)21(22-6)17(27-21)20(13,14)5;1-12(23)26-17-10-13(24)9-16-20(17,4)8-7-15-19(2,3)18(25)14(22-6)11-21(15,16)5;1-13(23)25-17-9-7-8-16-20(17,4)11-10-15-19(2,3)18(24)14(22-6)12-21(15,16)5;2*1-17(2)13-9-10-18(3)14(7-6-8-15(18)21)19(13,4)11-12(20-5)16(17)22/h9,13,15,17H,7-8,10H2,1-5H3;9,11,15,17H,7-8,10H2,1-5H3;8,12,15,17H,7,9-11H2,1-5H3;7,12-13,15,21H,6,8-11H2,1-4H3;7,11,13,15,21H,6,8-10H2,1-4H3/t13-,15+,17?,19+,20-,21?;2*15-,17+,20+,21-;12?,13-,15+,18+,19-;13-,15+,18+,19-/m00000/s1. The molecular formula is C101H129N5O16. The number of allylic oxidation sites excluding steroid dienone is 11. The van der Waals surface area contributed by atoms with Gasteiger partial charge in [-0.3, -0.25) is 43.1 Å². The Balaban J connectivity index is 0.000000140. The largest absolute Gasteiger partial charge is 0.462 e. The maximum absolute atomic E-state index is 13.1. The van der Waals surface area contributed by atoms with Crippen molar-refractivity contribution in [3.63, 3.8) is 0 Å². The lowest BCUT2D eigenvalue weighted by Crippen LogP contribution is -2.62. The van der Waals surface area contributed by atoms with E-state index in [9.17, 15) is 58.2 Å². The normalized spacial score (nSPS) is 42.9. The highest BCUT2D eigenvalue weighted by Crippen LogP contribution is 2.74. The average molecular weight is 1670 g/mol. The quantitative estimate of drug-likeness (QED) is 0.0874. The zero-order valence-electron chi connectivity index (χ0n) is 76.3. The third-order valence-electron chi connectivity index (χ3n) is 35.1. The molecule has 21 nitrogen and oxygen atoms in total. The number of epoxide rings is 1. The van der Waals surface area contributed by atoms with E-state index in [-0.39, 0.29) is 157 Å². The highest BCUT2D eigenvalue weighted by atomic mass is 16.6. The monoisotopic (exact) mass is 1670 g/mol. The number of hydrogen-bond acceptors (Lipinski definition) is 16. The van der Waals surface area contributed by atoms with Gasteiger partial charge in [-0.05, 0) is 156 Å². The number of aliphatic hydroxyl groups is 2. The zero-order chi connectivity index (χ0) is 90.8. The number of esters is 3. The lowest BCUT2D eigenvalue weighted by molar-refractivity contribution is -0.160. The molecule has 21 heteroatoms. The van der Waals surface area contributed by atoms with Gasteiger partial charge < -0.3 is 43.7 Å². The molecule has 0 radical (unpaired) electrons. The number of Topliss-reactive ketones (excluding diaryl/α,β-unsaturated/α-hetero) is 5. The van der Waals surface area contributed by atoms with Crippen LogP contribution in [0.15, 0.2) is 93.6 Å². The first kappa shape index (κ1) is 92.5. The maximum Gasteiger partial charge on any atom is 0.424 e. The second kappa shape index (κ2) is 30.6. The zero-order valence-corrected chi connectivity index (χ0v) is 76.3. The Morgan fingerprint density at radius 3 is 1.16 bits per heavy atom. The Kier molecular flexibility index (Phi) is 23.2. The fourth-order valence-electron chi connectivity index (χ4n) is 28.9. The van der Waals surface area contributed by atoms with Gasteiger partial charge in [-0.1, -0.05) is 192 Å². The number of ether oxygens (including phenoxy) is 4. The van der Waals surface area contributed by atoms with Gasteiger partial charge in [0.2, 0.25) is 22.9 Å². The smallest absolute Gasteiger partial charge is 0.424 e. The minimum absolute atomic E-state index is 0.00352. The average Bonchev–Trinajstić information content (AvgIpc) is 1.48. The number of carbonyl (C=O) groups excluding carboxylic acids is 10. The molecule has 1 saturated heterocycles. The minimum Gasteiger partial charge on any atom is -0.462 e. The van der Waals surface area contributed by atoms with Crippen LogP contribution in [0.4, 0.5) is 0 Å². The van der Waals surface area contributed by atoms with Crippen LogP contribution in [0.25, 0.3) is 24.2 Å². The highest BCUT2D eigenvalue weighted by Gasteiger charge is 2.87. The Bertz CT molecular complexity index is 5050. The molecule has 1 aliphatic heterocycles. The number of fused-ring (bicyclic) bond motifs is 17. The van der Waals surface area contributed by atoms with Crippen molar-refractivity contribution in [3.8, 4) is 0 Å². The molecule has 3 unspecified atom stereocenters. The summed E-state index contributed by atoms with van der Waals surface area (Å²) < 4.78 is 22.6. The summed E-state index contributed by atoms with van der Waals surface area (Å²) in [4.78, 5) is 141. The van der Waals surface area contributed by atoms with E-state index in [0.29, 0.717) is 6.42 Å². The molecule has 0 spiro atoms. The number of nitrogens with zero attached hydrogens (tertiary/aromatic N) is 5. The SMILES string of the molecule is [C-]#[N+]C12OC1[C@]1(C)C3=CC(=O)C[C@@H](OC(C)=O)[C@]3(C)CC[C@H]1C(C)(C)C2=O.[C-]#[N+]C1=C[C@]2(C)C3=CC(=O)C[C@@H](OC(C)=O)[C@]3(C)CC[C@H]2C(C)(C)C1=O.[C-]#[N+]C1=C[C@]2(C)C3=CCC[C@@H](O)[C@]3(C)CC[C@H]2C(C)(C)C1=O.[C-]#[N+]C1=C[C@]2(C)C3=CCC[C@@H](OC(C)=O)[C@]3(C)CC[C@H]2C(C)(C)C1=O.[C-]#[N+]C1C[C@]2(C)C3=CCC[C@@H](O)[C@]3(C)CC[C@H]2C(C)(C)C1=O. The summed E-state index contributed by atoms with van der Waals surface area (Å²) in [5.74, 6) is -0.830. The summed E-state index contributed by atoms with van der Waals surface area (Å²) in [6, 6.07) is -0.529. The number of aliphatic hydroxyl groups excluding tert-OH is 2. The van der Waals surface area contributed by atoms with Gasteiger partial charge in [0, 0.05) is 121 Å². The van der Waals surface area contributed by atoms with Gasteiger partial charge in [0.15, 0.2) is 35.0 Å². The number of ketones is 7. The molecule has 16 aliphatic rings. The van der Waals surface area contributed by atoms with Gasteiger partial charge in [-0.15, -0.1) is 0 Å². The summed E-state index contributed by atoms with van der Waals surface area (Å²) in [7, 11) is 0. The lowest BCUT2D eigenvalue weighted by Gasteiger charge is -2.60. The fourth-order valence-corrected chi connectivity index (χ4v) is 28.9. The van der Waals surface area contributed by atoms with Crippen LogP contribution < -0.4 is 0 Å². The fraction of sp³-hybridized carbons (Fsp3) is 0.693. The second-order valence-corrected chi connectivity index (χ2v) is 43.8. The molecule has 2 N–H and O–H groups in total. The van der Waals surface area contributed by atoms with Crippen LogP contribution in [-0.4, -0.2) is 117 Å². The number of carbonyl (C=O) groups is 10. The van der Waals surface area contributed by atoms with Crippen LogP contribution in [-0.2, 0) is 66.9 Å². The molecule has 654 valence electrons. The van der Waals surface area contributed by atoms with Crippen molar-refractivity contribution < 1.29 is 77.1 Å². The molecule has 0 bridgehead atoms. The first-order valence-electron chi connectivity index (χ1n) is 44.3.